The molecule has 1 heterocycles. The number of hydrogen-bond donors (Lipinski definition) is 2. The molecule has 0 spiro atoms. The molecule has 1 fully saturated rings. The van der Waals surface area contributed by atoms with E-state index in [1.54, 1.807) is 12.3 Å². The Morgan fingerprint density at radius 2 is 2.41 bits per heavy atom. The summed E-state index contributed by atoms with van der Waals surface area (Å²) >= 11 is 3.32. The van der Waals surface area contributed by atoms with Gasteiger partial charge in [0.15, 0.2) is 5.82 Å². The maximum atomic E-state index is 12.4. The molecule has 0 aromatic carbocycles. The fourth-order valence-corrected chi connectivity index (χ4v) is 2.16. The summed E-state index contributed by atoms with van der Waals surface area (Å²) in [5, 5.41) is 0. The number of nitrogens with zero attached hydrogens (tertiary/aromatic N) is 2. The Morgan fingerprint density at radius 1 is 1.71 bits per heavy atom. The number of carbonyl (C=O) groups is 1. The molecule has 1 aliphatic rings. The van der Waals surface area contributed by atoms with Crippen molar-refractivity contribution in [3.63, 3.8) is 0 Å². The molecule has 1 saturated carbocycles. The normalized spacial score (nSPS) is 14.5. The lowest BCUT2D eigenvalue weighted by Gasteiger charge is -2.21. The Bertz CT molecular complexity index is 433. The van der Waals surface area contributed by atoms with Crippen molar-refractivity contribution in [2.45, 2.75) is 25.8 Å². The molecule has 1 aliphatic carbocycles. The third kappa shape index (κ3) is 2.58. The van der Waals surface area contributed by atoms with E-state index in [-0.39, 0.29) is 5.91 Å². The van der Waals surface area contributed by atoms with Crippen molar-refractivity contribution in [3.8, 4) is 0 Å². The highest BCUT2D eigenvalue weighted by molar-refractivity contribution is 9.10. The molecule has 0 unspecified atom stereocenters. The Labute approximate surface area is 108 Å². The van der Waals surface area contributed by atoms with Gasteiger partial charge in [0.25, 0.3) is 5.91 Å². The average molecular weight is 299 g/mol. The summed E-state index contributed by atoms with van der Waals surface area (Å²) in [6.07, 6.45) is 3.79. The minimum Gasteiger partial charge on any atom is -0.336 e. The van der Waals surface area contributed by atoms with E-state index < -0.39 is 0 Å². The summed E-state index contributed by atoms with van der Waals surface area (Å²) in [7, 11) is 0. The fraction of sp³-hybridized carbons (Fsp3) is 0.455. The van der Waals surface area contributed by atoms with Crippen LogP contribution in [0.25, 0.3) is 0 Å². The Kier molecular flexibility index (Phi) is 3.63. The Balaban J connectivity index is 2.31. The third-order valence-electron chi connectivity index (χ3n) is 2.81. The first-order valence-corrected chi connectivity index (χ1v) is 6.39. The first-order chi connectivity index (χ1) is 8.17. The van der Waals surface area contributed by atoms with E-state index >= 15 is 0 Å². The number of rotatable bonds is 4. The number of nitrogens with one attached hydrogen (secondary N) is 1. The van der Waals surface area contributed by atoms with Crippen molar-refractivity contribution in [2.24, 2.45) is 5.84 Å². The number of hydrazine groups is 1. The van der Waals surface area contributed by atoms with Crippen LogP contribution >= 0.6 is 15.9 Å². The first kappa shape index (κ1) is 12.3. The van der Waals surface area contributed by atoms with Gasteiger partial charge in [-0.05, 0) is 41.8 Å². The van der Waals surface area contributed by atoms with Crippen LogP contribution in [0.2, 0.25) is 0 Å². The Morgan fingerprint density at radius 3 is 2.94 bits per heavy atom. The van der Waals surface area contributed by atoms with E-state index in [2.05, 4.69) is 26.3 Å². The quantitative estimate of drug-likeness (QED) is 0.656. The number of anilines is 1. The zero-order valence-corrected chi connectivity index (χ0v) is 11.2. The molecule has 3 N–H and O–H groups in total. The second-order valence-electron chi connectivity index (χ2n) is 4.02. The van der Waals surface area contributed by atoms with Gasteiger partial charge >= 0.3 is 0 Å². The summed E-state index contributed by atoms with van der Waals surface area (Å²) in [5.41, 5.74) is 2.97. The molecule has 1 aromatic rings. The van der Waals surface area contributed by atoms with Gasteiger partial charge in [-0.15, -0.1) is 0 Å². The molecule has 0 aliphatic heterocycles. The molecule has 0 atom stereocenters. The number of pyridine rings is 1. The molecule has 0 bridgehead atoms. The SMILES string of the molecule is CCN(C(=O)c1cc(Br)cnc1NN)C1CC1. The lowest BCUT2D eigenvalue weighted by atomic mass is 10.2. The molecular weight excluding hydrogens is 284 g/mol. The number of carbonyl (C=O) groups excluding carboxylic acids is 1. The maximum Gasteiger partial charge on any atom is 0.257 e. The van der Waals surface area contributed by atoms with Crippen LogP contribution < -0.4 is 11.3 Å². The molecule has 1 amide bonds. The number of hydrogen-bond acceptors (Lipinski definition) is 4. The first-order valence-electron chi connectivity index (χ1n) is 5.60. The van der Waals surface area contributed by atoms with E-state index in [0.29, 0.717) is 24.0 Å². The van der Waals surface area contributed by atoms with Gasteiger partial charge in [-0.3, -0.25) is 4.79 Å². The highest BCUT2D eigenvalue weighted by atomic mass is 79.9. The maximum absolute atomic E-state index is 12.4. The largest absolute Gasteiger partial charge is 0.336 e. The molecule has 17 heavy (non-hydrogen) atoms. The monoisotopic (exact) mass is 298 g/mol. The van der Waals surface area contributed by atoms with Gasteiger partial charge in [0.2, 0.25) is 0 Å². The summed E-state index contributed by atoms with van der Waals surface area (Å²) < 4.78 is 0.770. The number of nitrogens with two attached hydrogens (primary N) is 1. The summed E-state index contributed by atoms with van der Waals surface area (Å²) in [4.78, 5) is 18.3. The van der Waals surface area contributed by atoms with Crippen LogP contribution in [0.5, 0.6) is 0 Å². The van der Waals surface area contributed by atoms with Crippen molar-refractivity contribution in [1.29, 1.82) is 0 Å². The van der Waals surface area contributed by atoms with Crippen molar-refractivity contribution < 1.29 is 4.79 Å². The minimum atomic E-state index is -0.0169. The van der Waals surface area contributed by atoms with Crippen LogP contribution in [-0.2, 0) is 0 Å². The second-order valence-corrected chi connectivity index (χ2v) is 4.93. The lowest BCUT2D eigenvalue weighted by molar-refractivity contribution is 0.0753. The van der Waals surface area contributed by atoms with Gasteiger partial charge in [0.1, 0.15) is 0 Å². The smallest absolute Gasteiger partial charge is 0.257 e. The van der Waals surface area contributed by atoms with Gasteiger partial charge in [-0.25, -0.2) is 10.8 Å². The van der Waals surface area contributed by atoms with Gasteiger partial charge < -0.3 is 10.3 Å². The molecule has 6 heteroatoms. The fourth-order valence-electron chi connectivity index (χ4n) is 1.83. The van der Waals surface area contributed by atoms with E-state index in [1.165, 1.54) is 0 Å². The average Bonchev–Trinajstić information content (AvgIpc) is 3.14. The van der Waals surface area contributed by atoms with Crippen LogP contribution in [0.3, 0.4) is 0 Å². The minimum absolute atomic E-state index is 0.0169. The van der Waals surface area contributed by atoms with Crippen molar-refractivity contribution in [1.82, 2.24) is 9.88 Å². The van der Waals surface area contributed by atoms with Gasteiger partial charge in [-0.1, -0.05) is 0 Å². The number of amides is 1. The topological polar surface area (TPSA) is 71.2 Å². The second kappa shape index (κ2) is 5.01. The van der Waals surface area contributed by atoms with Crippen LogP contribution in [0.4, 0.5) is 5.82 Å². The van der Waals surface area contributed by atoms with Crippen LogP contribution in [0.1, 0.15) is 30.1 Å². The number of halogens is 1. The van der Waals surface area contributed by atoms with Crippen LogP contribution in [0, 0.1) is 0 Å². The molecule has 1 aromatic heterocycles. The van der Waals surface area contributed by atoms with Crippen molar-refractivity contribution in [2.75, 3.05) is 12.0 Å². The van der Waals surface area contributed by atoms with Gasteiger partial charge in [-0.2, -0.15) is 0 Å². The molecule has 92 valence electrons. The van der Waals surface area contributed by atoms with E-state index in [0.717, 1.165) is 17.3 Å². The summed E-state index contributed by atoms with van der Waals surface area (Å²) in [6.45, 7) is 2.69. The molecule has 2 rings (SSSR count). The van der Waals surface area contributed by atoms with Crippen molar-refractivity contribution in [3.05, 3.63) is 22.3 Å². The predicted molar refractivity (Wildman–Crippen MR) is 69.5 cm³/mol. The van der Waals surface area contributed by atoms with Crippen LogP contribution in [-0.4, -0.2) is 28.4 Å². The predicted octanol–water partition coefficient (Wildman–Crippen LogP) is 1.75. The zero-order chi connectivity index (χ0) is 12.4. The lowest BCUT2D eigenvalue weighted by Crippen LogP contribution is -2.33. The van der Waals surface area contributed by atoms with Gasteiger partial charge in [0.05, 0.1) is 5.56 Å². The molecule has 0 radical (unpaired) electrons. The van der Waals surface area contributed by atoms with Crippen molar-refractivity contribution >= 4 is 27.7 Å². The van der Waals surface area contributed by atoms with E-state index in [9.17, 15) is 4.79 Å². The summed E-state index contributed by atoms with van der Waals surface area (Å²) in [6, 6.07) is 2.13. The number of aromatic nitrogens is 1. The van der Waals surface area contributed by atoms with Gasteiger partial charge in [0, 0.05) is 23.3 Å². The van der Waals surface area contributed by atoms with Crippen LogP contribution in [0.15, 0.2) is 16.7 Å². The number of nitrogen functional groups attached to an aromatic ring is 1. The highest BCUT2D eigenvalue weighted by Gasteiger charge is 2.32. The molecule has 5 nitrogen and oxygen atoms in total. The molecule has 0 saturated heterocycles. The standard InChI is InChI=1S/C11H15BrN4O/c1-2-16(8-3-4-8)11(17)9-5-7(12)6-14-10(9)15-13/h5-6,8H,2-4,13H2,1H3,(H,14,15). The molecular formula is C11H15BrN4O. The highest BCUT2D eigenvalue weighted by Crippen LogP contribution is 2.29. The van der Waals surface area contributed by atoms with E-state index in [4.69, 9.17) is 5.84 Å². The summed E-state index contributed by atoms with van der Waals surface area (Å²) in [5.74, 6) is 5.77. The Hall–Kier alpha value is -1.14. The van der Waals surface area contributed by atoms with E-state index in [1.807, 2.05) is 11.8 Å². The zero-order valence-electron chi connectivity index (χ0n) is 9.61. The third-order valence-corrected chi connectivity index (χ3v) is 3.24.